The monoisotopic (exact) mass is 301 g/mol. The third-order valence-electron chi connectivity index (χ3n) is 0.930. The van der Waals surface area contributed by atoms with Crippen LogP contribution in [0.25, 0.3) is 0 Å². The van der Waals surface area contributed by atoms with Gasteiger partial charge in [-0.1, -0.05) is 0 Å². The maximum Gasteiger partial charge on any atom is 0.448 e. The molecule has 0 fully saturated rings. The second-order valence-electron chi connectivity index (χ2n) is 2.27. The van der Waals surface area contributed by atoms with Crippen LogP contribution in [-0.2, 0) is 38.8 Å². The molecule has 0 aliphatic rings. The molecule has 0 aromatic heterocycles. The molecule has 0 atom stereocenters. The van der Waals surface area contributed by atoms with Gasteiger partial charge in [-0.25, -0.2) is 0 Å². The van der Waals surface area contributed by atoms with Gasteiger partial charge in [0.15, 0.2) is 0 Å². The van der Waals surface area contributed by atoms with Crippen LogP contribution >= 0.6 is 0 Å². The topological polar surface area (TPSA) is 161 Å². The molecule has 0 saturated carbocycles. The van der Waals surface area contributed by atoms with E-state index in [1.165, 1.54) is 0 Å². The van der Waals surface area contributed by atoms with Gasteiger partial charge in [-0.15, -0.1) is 0 Å². The van der Waals surface area contributed by atoms with Crippen molar-refractivity contribution in [2.75, 3.05) is 0 Å². The Balaban J connectivity index is 0. The van der Waals surface area contributed by atoms with Crippen molar-refractivity contribution in [3.8, 4) is 0 Å². The van der Waals surface area contributed by atoms with Gasteiger partial charge in [-0.3, -0.25) is 18.7 Å². The Morgan fingerprint density at radius 1 is 0.824 bits per heavy atom. The quantitative estimate of drug-likeness (QED) is 0.432. The zero-order valence-electron chi connectivity index (χ0n) is 8.39. The van der Waals surface area contributed by atoms with Crippen molar-refractivity contribution in [2.24, 2.45) is 0 Å². The molecule has 0 amide bonds. The molecule has 0 heterocycles. The molecule has 10 nitrogen and oxygen atoms in total. The molecule has 13 heteroatoms. The number of hydrogen-bond acceptors (Lipinski definition) is 8. The zero-order valence-corrected chi connectivity index (χ0v) is 12.0. The minimum atomic E-state index is -4.98. The van der Waals surface area contributed by atoms with Crippen LogP contribution in [0.1, 0.15) is 12.8 Å². The first-order chi connectivity index (χ1) is 6.99. The summed E-state index contributed by atoms with van der Waals surface area (Å²) in [5, 5.41) is 0. The normalized spacial score (nSPS) is 11.2. The summed E-state index contributed by atoms with van der Waals surface area (Å²) in [4.78, 5) is 21.1. The van der Waals surface area contributed by atoms with Crippen LogP contribution in [0, 0.1) is 0 Å². The van der Waals surface area contributed by atoms with Crippen molar-refractivity contribution < 1.29 is 43.9 Å². The van der Waals surface area contributed by atoms with E-state index in [4.69, 9.17) is 9.11 Å². The van der Waals surface area contributed by atoms with Gasteiger partial charge >= 0.3 is 32.7 Å². The van der Waals surface area contributed by atoms with E-state index in [-0.39, 0.29) is 29.6 Å². The predicted molar refractivity (Wildman–Crippen MR) is 50.3 cm³/mol. The number of carbonyl (C=O) groups is 2. The maximum absolute atomic E-state index is 10.5. The van der Waals surface area contributed by atoms with Gasteiger partial charge in [-0.05, 0) is 0 Å². The SMILES string of the molecule is O=C(CCC(=O)OS(=O)(=O)O)OS(=O)(=O)O.[Na]. The molecule has 0 rings (SSSR count). The van der Waals surface area contributed by atoms with Crippen molar-refractivity contribution in [1.29, 1.82) is 0 Å². The van der Waals surface area contributed by atoms with Crippen LogP contribution in [-0.4, -0.2) is 67.4 Å². The first-order valence-electron chi connectivity index (χ1n) is 3.39. The van der Waals surface area contributed by atoms with Crippen molar-refractivity contribution in [3.63, 3.8) is 0 Å². The Labute approximate surface area is 118 Å². The molecule has 0 aromatic rings. The smallest absolute Gasteiger partial charge is 0.325 e. The van der Waals surface area contributed by atoms with Crippen LogP contribution < -0.4 is 0 Å². The molecule has 1 radical (unpaired) electrons. The second kappa shape index (κ2) is 7.25. The average molecular weight is 301 g/mol. The standard InChI is InChI=1S/C4H6O10S2.Na/c5-3(13-15(7,8)9)1-2-4(6)14-16(10,11)12;/h1-2H2,(H,7,8,9)(H,10,11,12);. The fraction of sp³-hybridized carbons (Fsp3) is 0.500. The van der Waals surface area contributed by atoms with Crippen LogP contribution in [0.15, 0.2) is 0 Å². The van der Waals surface area contributed by atoms with Gasteiger partial charge in [0.05, 0.1) is 12.8 Å². The number of hydrogen-bond donors (Lipinski definition) is 2. The van der Waals surface area contributed by atoms with E-state index >= 15 is 0 Å². The predicted octanol–water partition coefficient (Wildman–Crippen LogP) is -1.92. The van der Waals surface area contributed by atoms with E-state index in [2.05, 4.69) is 8.37 Å². The first-order valence-corrected chi connectivity index (χ1v) is 6.12. The second-order valence-corrected chi connectivity index (χ2v) is 4.31. The molecule has 95 valence electrons. The van der Waals surface area contributed by atoms with Gasteiger partial charge in [0.1, 0.15) is 0 Å². The first kappa shape index (κ1) is 19.1. The summed E-state index contributed by atoms with van der Waals surface area (Å²) in [7, 11) is -9.95. The molecule has 2 N–H and O–H groups in total. The maximum atomic E-state index is 10.5. The van der Waals surface area contributed by atoms with Crippen molar-refractivity contribution in [3.05, 3.63) is 0 Å². The summed E-state index contributed by atoms with van der Waals surface area (Å²) >= 11 is 0. The average Bonchev–Trinajstić information content (AvgIpc) is 1.94. The van der Waals surface area contributed by atoms with Crippen molar-refractivity contribution in [1.82, 2.24) is 0 Å². The van der Waals surface area contributed by atoms with Crippen LogP contribution in [0.3, 0.4) is 0 Å². The Kier molecular flexibility index (Phi) is 8.15. The molecule has 0 spiro atoms. The van der Waals surface area contributed by atoms with E-state index in [1.54, 1.807) is 0 Å². The van der Waals surface area contributed by atoms with Crippen LogP contribution in [0.4, 0.5) is 0 Å². The zero-order chi connectivity index (χ0) is 13.0. The third kappa shape index (κ3) is 13.7. The summed E-state index contributed by atoms with van der Waals surface area (Å²) in [5.41, 5.74) is 0. The van der Waals surface area contributed by atoms with E-state index in [9.17, 15) is 26.4 Å². The van der Waals surface area contributed by atoms with Gasteiger partial charge in [0.2, 0.25) is 0 Å². The molecule has 0 aromatic carbocycles. The summed E-state index contributed by atoms with van der Waals surface area (Å²) in [5.74, 6) is -2.98. The molecule has 0 aliphatic carbocycles. The van der Waals surface area contributed by atoms with E-state index < -0.39 is 45.6 Å². The molecule has 0 saturated heterocycles. The van der Waals surface area contributed by atoms with Gasteiger partial charge in [0.25, 0.3) is 0 Å². The Hall–Kier alpha value is -0.240. The fourth-order valence-corrected chi connectivity index (χ4v) is 1.16. The van der Waals surface area contributed by atoms with Gasteiger partial charge in [-0.2, -0.15) is 16.8 Å². The summed E-state index contributed by atoms with van der Waals surface area (Å²) < 4.78 is 62.7. The van der Waals surface area contributed by atoms with Gasteiger partial charge in [0, 0.05) is 29.6 Å². The summed E-state index contributed by atoms with van der Waals surface area (Å²) in [6.07, 6.45) is -1.71. The largest absolute Gasteiger partial charge is 0.448 e. The summed E-state index contributed by atoms with van der Waals surface area (Å²) in [6.45, 7) is 0. The molecular formula is C4H6NaO10S2. The summed E-state index contributed by atoms with van der Waals surface area (Å²) in [6, 6.07) is 0. The van der Waals surface area contributed by atoms with Crippen molar-refractivity contribution >= 4 is 62.3 Å². The number of rotatable bonds is 5. The van der Waals surface area contributed by atoms with Crippen LogP contribution in [0.5, 0.6) is 0 Å². The minimum absolute atomic E-state index is 0. The van der Waals surface area contributed by atoms with E-state index in [0.717, 1.165) is 0 Å². The Bertz CT molecular complexity index is 428. The molecule has 0 bridgehead atoms. The van der Waals surface area contributed by atoms with Crippen LogP contribution in [0.2, 0.25) is 0 Å². The Morgan fingerprint density at radius 2 is 1.06 bits per heavy atom. The molecular weight excluding hydrogens is 295 g/mol. The van der Waals surface area contributed by atoms with Crippen molar-refractivity contribution in [2.45, 2.75) is 12.8 Å². The van der Waals surface area contributed by atoms with E-state index in [0.29, 0.717) is 0 Å². The Morgan fingerprint density at radius 3 is 1.24 bits per heavy atom. The molecule has 0 aliphatic heterocycles. The number of carbonyl (C=O) groups excluding carboxylic acids is 2. The fourth-order valence-electron chi connectivity index (χ4n) is 0.522. The van der Waals surface area contributed by atoms with E-state index in [1.807, 2.05) is 0 Å². The molecule has 17 heavy (non-hydrogen) atoms. The third-order valence-corrected chi connectivity index (χ3v) is 1.72. The molecule has 0 unspecified atom stereocenters. The minimum Gasteiger partial charge on any atom is -0.325 e. The van der Waals surface area contributed by atoms with Gasteiger partial charge < -0.3 is 8.37 Å².